The number of nitrogens with zero attached hydrogens (tertiary/aromatic N) is 3. The Hall–Kier alpha value is -2.18. The summed E-state index contributed by atoms with van der Waals surface area (Å²) in [6.45, 7) is 2.69. The first-order valence-corrected chi connectivity index (χ1v) is 7.77. The van der Waals surface area contributed by atoms with Crippen LogP contribution in [0.3, 0.4) is 0 Å². The summed E-state index contributed by atoms with van der Waals surface area (Å²) < 4.78 is 7.13. The number of aromatic nitrogens is 2. The number of hydrogen-bond acceptors (Lipinski definition) is 4. The highest BCUT2D eigenvalue weighted by atomic mass is 16.5. The highest BCUT2D eigenvalue weighted by molar-refractivity contribution is 5.94. The Bertz CT molecular complexity index is 683. The van der Waals surface area contributed by atoms with Crippen LogP contribution in [0.15, 0.2) is 36.7 Å². The highest BCUT2D eigenvalue weighted by Gasteiger charge is 2.31. The van der Waals surface area contributed by atoms with Gasteiger partial charge in [-0.25, -0.2) is 4.98 Å². The van der Waals surface area contributed by atoms with Crippen molar-refractivity contribution < 1.29 is 9.53 Å². The smallest absolute Gasteiger partial charge is 0.254 e. The molecule has 0 spiro atoms. The Morgan fingerprint density at radius 2 is 2.35 bits per heavy atom. The predicted molar refractivity (Wildman–Crippen MR) is 87.0 cm³/mol. The molecule has 2 aromatic rings. The van der Waals surface area contributed by atoms with Gasteiger partial charge in [0.15, 0.2) is 0 Å². The van der Waals surface area contributed by atoms with Crippen molar-refractivity contribution in [2.75, 3.05) is 26.7 Å². The normalized spacial score (nSPS) is 18.2. The van der Waals surface area contributed by atoms with Gasteiger partial charge in [-0.15, -0.1) is 0 Å². The predicted octanol–water partition coefficient (Wildman–Crippen LogP) is 1.35. The summed E-state index contributed by atoms with van der Waals surface area (Å²) in [5.41, 5.74) is 1.70. The Kier molecular flexibility index (Phi) is 4.73. The van der Waals surface area contributed by atoms with Gasteiger partial charge in [0.25, 0.3) is 5.91 Å². The van der Waals surface area contributed by atoms with Crippen LogP contribution in [0, 0.1) is 0 Å². The third-order valence-electron chi connectivity index (χ3n) is 4.15. The average molecular weight is 314 g/mol. The summed E-state index contributed by atoms with van der Waals surface area (Å²) in [7, 11) is 3.61. The molecular weight excluding hydrogens is 292 g/mol. The lowest BCUT2D eigenvalue weighted by Crippen LogP contribution is -2.49. The van der Waals surface area contributed by atoms with Crippen LogP contribution in [0.25, 0.3) is 0 Å². The number of aryl methyl sites for hydroxylation is 1. The maximum Gasteiger partial charge on any atom is 0.254 e. The maximum absolute atomic E-state index is 13.0. The summed E-state index contributed by atoms with van der Waals surface area (Å²) in [4.78, 5) is 19.3. The molecule has 23 heavy (non-hydrogen) atoms. The van der Waals surface area contributed by atoms with Crippen LogP contribution in [0.4, 0.5) is 0 Å². The molecule has 6 heteroatoms. The van der Waals surface area contributed by atoms with Crippen molar-refractivity contribution >= 4 is 5.91 Å². The van der Waals surface area contributed by atoms with Crippen molar-refractivity contribution in [2.24, 2.45) is 7.05 Å². The van der Waals surface area contributed by atoms with E-state index in [-0.39, 0.29) is 11.9 Å². The molecule has 0 radical (unpaired) electrons. The second kappa shape index (κ2) is 6.93. The van der Waals surface area contributed by atoms with E-state index < -0.39 is 0 Å². The summed E-state index contributed by atoms with van der Waals surface area (Å²) in [6, 6.07) is 7.58. The number of carbonyl (C=O) groups excluding carboxylic acids is 1. The highest BCUT2D eigenvalue weighted by Crippen LogP contribution is 2.23. The van der Waals surface area contributed by atoms with E-state index in [4.69, 9.17) is 4.74 Å². The fourth-order valence-corrected chi connectivity index (χ4v) is 3.00. The van der Waals surface area contributed by atoms with E-state index in [0.29, 0.717) is 25.3 Å². The molecule has 2 heterocycles. The molecule has 6 nitrogen and oxygen atoms in total. The van der Waals surface area contributed by atoms with E-state index in [2.05, 4.69) is 10.3 Å². The lowest BCUT2D eigenvalue weighted by atomic mass is 10.1. The number of methoxy groups -OCH3 is 1. The number of imidazole rings is 1. The number of piperazine rings is 1. The topological polar surface area (TPSA) is 59.4 Å². The number of carbonyl (C=O) groups is 1. The minimum atomic E-state index is -0.0534. The maximum atomic E-state index is 13.0. The molecular formula is C17H22N4O2. The molecule has 0 aliphatic carbocycles. The third kappa shape index (κ3) is 3.28. The molecule has 1 aliphatic rings. The van der Waals surface area contributed by atoms with E-state index in [0.717, 1.165) is 17.9 Å². The summed E-state index contributed by atoms with van der Waals surface area (Å²) >= 11 is 0. The van der Waals surface area contributed by atoms with Crippen molar-refractivity contribution in [1.82, 2.24) is 19.8 Å². The SMILES string of the molecule is COCc1cccc(C(=O)N2CCNCC2c2nccn2C)c1. The van der Waals surface area contributed by atoms with Crippen LogP contribution in [0.5, 0.6) is 0 Å². The number of nitrogens with one attached hydrogen (secondary N) is 1. The number of rotatable bonds is 4. The van der Waals surface area contributed by atoms with Crippen molar-refractivity contribution in [3.05, 3.63) is 53.6 Å². The Morgan fingerprint density at radius 3 is 3.09 bits per heavy atom. The molecule has 1 saturated heterocycles. The Labute approximate surface area is 136 Å². The average Bonchev–Trinajstić information content (AvgIpc) is 3.01. The minimum absolute atomic E-state index is 0.0393. The molecule has 3 rings (SSSR count). The first-order chi connectivity index (χ1) is 11.2. The van der Waals surface area contributed by atoms with E-state index in [1.165, 1.54) is 0 Å². The molecule has 1 N–H and O–H groups in total. The van der Waals surface area contributed by atoms with Gasteiger partial charge in [0.1, 0.15) is 11.9 Å². The van der Waals surface area contributed by atoms with Crippen molar-refractivity contribution in [3.8, 4) is 0 Å². The van der Waals surface area contributed by atoms with Gasteiger partial charge < -0.3 is 19.5 Å². The van der Waals surface area contributed by atoms with Crippen LogP contribution in [0.1, 0.15) is 27.8 Å². The molecule has 0 saturated carbocycles. The Morgan fingerprint density at radius 1 is 1.48 bits per heavy atom. The first kappa shape index (κ1) is 15.7. The van der Waals surface area contributed by atoms with Gasteiger partial charge in [-0.2, -0.15) is 0 Å². The molecule has 1 aromatic carbocycles. The van der Waals surface area contributed by atoms with Crippen molar-refractivity contribution in [1.29, 1.82) is 0 Å². The standard InChI is InChI=1S/C17H22N4O2/c1-20-8-7-19-16(20)15-11-18-6-9-21(15)17(22)14-5-3-4-13(10-14)12-23-2/h3-5,7-8,10,15,18H,6,9,11-12H2,1-2H3. The lowest BCUT2D eigenvalue weighted by Gasteiger charge is -2.35. The largest absolute Gasteiger partial charge is 0.380 e. The summed E-state index contributed by atoms with van der Waals surface area (Å²) in [5, 5.41) is 3.35. The number of hydrogen-bond donors (Lipinski definition) is 1. The van der Waals surface area contributed by atoms with Crippen LogP contribution >= 0.6 is 0 Å². The van der Waals surface area contributed by atoms with E-state index in [9.17, 15) is 4.79 Å². The zero-order chi connectivity index (χ0) is 16.2. The van der Waals surface area contributed by atoms with E-state index in [1.807, 2.05) is 47.0 Å². The molecule has 1 fully saturated rings. The minimum Gasteiger partial charge on any atom is -0.380 e. The molecule has 1 atom stereocenters. The van der Waals surface area contributed by atoms with Gasteiger partial charge in [0.2, 0.25) is 0 Å². The molecule has 1 amide bonds. The second-order valence-electron chi connectivity index (χ2n) is 5.75. The first-order valence-electron chi connectivity index (χ1n) is 7.77. The molecule has 0 bridgehead atoms. The molecule has 1 aromatic heterocycles. The zero-order valence-corrected chi connectivity index (χ0v) is 13.5. The van der Waals surface area contributed by atoms with Crippen molar-refractivity contribution in [2.45, 2.75) is 12.6 Å². The van der Waals surface area contributed by atoms with Gasteiger partial charge >= 0.3 is 0 Å². The van der Waals surface area contributed by atoms with E-state index >= 15 is 0 Å². The number of benzene rings is 1. The lowest BCUT2D eigenvalue weighted by molar-refractivity contribution is 0.0620. The fraction of sp³-hybridized carbons (Fsp3) is 0.412. The van der Waals surface area contributed by atoms with Crippen LogP contribution < -0.4 is 5.32 Å². The zero-order valence-electron chi connectivity index (χ0n) is 13.5. The quantitative estimate of drug-likeness (QED) is 0.925. The van der Waals surface area contributed by atoms with E-state index in [1.54, 1.807) is 13.3 Å². The third-order valence-corrected chi connectivity index (χ3v) is 4.15. The Balaban J connectivity index is 1.87. The molecule has 1 unspecified atom stereocenters. The van der Waals surface area contributed by atoms with Crippen LogP contribution in [0.2, 0.25) is 0 Å². The van der Waals surface area contributed by atoms with Gasteiger partial charge in [-0.05, 0) is 17.7 Å². The second-order valence-corrected chi connectivity index (χ2v) is 5.75. The summed E-state index contributed by atoms with van der Waals surface area (Å²) in [6.07, 6.45) is 3.68. The van der Waals surface area contributed by atoms with Crippen LogP contribution in [-0.2, 0) is 18.4 Å². The summed E-state index contributed by atoms with van der Waals surface area (Å²) in [5.74, 6) is 0.941. The van der Waals surface area contributed by atoms with Gasteiger partial charge in [-0.3, -0.25) is 4.79 Å². The molecule has 122 valence electrons. The van der Waals surface area contributed by atoms with Crippen LogP contribution in [-0.4, -0.2) is 47.1 Å². The fourth-order valence-electron chi connectivity index (χ4n) is 3.00. The number of amides is 1. The van der Waals surface area contributed by atoms with Gasteiger partial charge in [-0.1, -0.05) is 12.1 Å². The van der Waals surface area contributed by atoms with Crippen molar-refractivity contribution in [3.63, 3.8) is 0 Å². The van der Waals surface area contributed by atoms with Gasteiger partial charge in [0.05, 0.1) is 6.61 Å². The molecule has 1 aliphatic heterocycles. The monoisotopic (exact) mass is 314 g/mol. The van der Waals surface area contributed by atoms with Gasteiger partial charge in [0, 0.05) is 51.7 Å². The number of ether oxygens (including phenoxy) is 1.